The van der Waals surface area contributed by atoms with E-state index in [-0.39, 0.29) is 0 Å². The Bertz CT molecular complexity index is 608. The van der Waals surface area contributed by atoms with E-state index in [0.29, 0.717) is 4.99 Å². The van der Waals surface area contributed by atoms with Crippen molar-refractivity contribution in [2.45, 2.75) is 20.3 Å². The fraction of sp³-hybridized carbons (Fsp3) is 0.357. The molecule has 0 atom stereocenters. The van der Waals surface area contributed by atoms with Crippen LogP contribution in [0.3, 0.4) is 0 Å². The van der Waals surface area contributed by atoms with Crippen molar-refractivity contribution in [3.63, 3.8) is 0 Å². The highest BCUT2D eigenvalue weighted by Crippen LogP contribution is 2.21. The summed E-state index contributed by atoms with van der Waals surface area (Å²) in [5.74, 6) is 0.761. The number of thiophene rings is 1. The first-order valence-electron chi connectivity index (χ1n) is 6.38. The molecule has 2 heterocycles. The van der Waals surface area contributed by atoms with E-state index in [1.807, 2.05) is 20.9 Å². The van der Waals surface area contributed by atoms with Gasteiger partial charge in [0.1, 0.15) is 4.99 Å². The van der Waals surface area contributed by atoms with Crippen molar-refractivity contribution in [2.24, 2.45) is 5.73 Å². The lowest BCUT2D eigenvalue weighted by molar-refractivity contribution is 0.833. The van der Waals surface area contributed by atoms with Crippen LogP contribution in [0.15, 0.2) is 17.5 Å². The monoisotopic (exact) mass is 306 g/mol. The average molecular weight is 306 g/mol. The summed E-state index contributed by atoms with van der Waals surface area (Å²) in [5, 5.41) is 10.5. The summed E-state index contributed by atoms with van der Waals surface area (Å²) in [5.41, 5.74) is 8.56. The maximum Gasteiger partial charge on any atom is 0.161 e. The summed E-state index contributed by atoms with van der Waals surface area (Å²) in [6.45, 7) is 4.75. The van der Waals surface area contributed by atoms with Crippen LogP contribution in [-0.2, 0) is 6.42 Å². The van der Waals surface area contributed by atoms with Crippen molar-refractivity contribution in [1.82, 2.24) is 10.2 Å². The van der Waals surface area contributed by atoms with Gasteiger partial charge in [-0.1, -0.05) is 18.3 Å². The van der Waals surface area contributed by atoms with Gasteiger partial charge >= 0.3 is 0 Å². The van der Waals surface area contributed by atoms with Crippen LogP contribution in [0.25, 0.3) is 0 Å². The van der Waals surface area contributed by atoms with Crippen LogP contribution in [0, 0.1) is 13.8 Å². The van der Waals surface area contributed by atoms with E-state index in [1.165, 1.54) is 4.88 Å². The largest absolute Gasteiger partial charge is 0.389 e. The molecule has 0 saturated heterocycles. The highest BCUT2D eigenvalue weighted by atomic mass is 32.1. The molecule has 0 unspecified atom stereocenters. The molecular weight excluding hydrogens is 288 g/mol. The summed E-state index contributed by atoms with van der Waals surface area (Å²) in [4.78, 5) is 3.79. The molecule has 4 nitrogen and oxygen atoms in total. The molecule has 2 aromatic rings. The molecule has 0 aliphatic rings. The number of anilines is 1. The Kier molecular flexibility index (Phi) is 4.67. The fourth-order valence-electron chi connectivity index (χ4n) is 2.00. The first-order valence-corrected chi connectivity index (χ1v) is 7.66. The number of aryl methyl sites for hydroxylation is 1. The Morgan fingerprint density at radius 2 is 2.15 bits per heavy atom. The topological polar surface area (TPSA) is 55.0 Å². The molecule has 0 aliphatic heterocycles. The normalized spacial score (nSPS) is 10.6. The smallest absolute Gasteiger partial charge is 0.161 e. The minimum absolute atomic E-state index is 0.374. The number of hydrogen-bond donors (Lipinski definition) is 1. The van der Waals surface area contributed by atoms with Gasteiger partial charge in [0.25, 0.3) is 0 Å². The van der Waals surface area contributed by atoms with E-state index >= 15 is 0 Å². The number of aromatic nitrogens is 2. The lowest BCUT2D eigenvalue weighted by atomic mass is 10.1. The van der Waals surface area contributed by atoms with Gasteiger partial charge in [0.15, 0.2) is 5.82 Å². The van der Waals surface area contributed by atoms with E-state index in [9.17, 15) is 0 Å². The first-order chi connectivity index (χ1) is 9.50. The van der Waals surface area contributed by atoms with Gasteiger partial charge in [-0.3, -0.25) is 0 Å². The van der Waals surface area contributed by atoms with Crippen LogP contribution < -0.4 is 10.6 Å². The molecular formula is C14H18N4S2. The van der Waals surface area contributed by atoms with E-state index in [2.05, 4.69) is 32.6 Å². The Morgan fingerprint density at radius 1 is 1.40 bits per heavy atom. The highest BCUT2D eigenvalue weighted by Gasteiger charge is 2.16. The predicted molar refractivity (Wildman–Crippen MR) is 88.7 cm³/mol. The van der Waals surface area contributed by atoms with Gasteiger partial charge in [-0.05, 0) is 37.3 Å². The number of rotatable bonds is 5. The molecule has 0 amide bonds. The predicted octanol–water partition coefficient (Wildman–Crippen LogP) is 2.47. The maximum absolute atomic E-state index is 5.85. The van der Waals surface area contributed by atoms with Crippen molar-refractivity contribution >= 4 is 34.4 Å². The number of nitrogens with zero attached hydrogens (tertiary/aromatic N) is 3. The third kappa shape index (κ3) is 3.13. The zero-order valence-corrected chi connectivity index (χ0v) is 13.5. The quantitative estimate of drug-likeness (QED) is 0.860. The summed E-state index contributed by atoms with van der Waals surface area (Å²) >= 11 is 6.93. The minimum atomic E-state index is 0.374. The van der Waals surface area contributed by atoms with Crippen LogP contribution in [-0.4, -0.2) is 28.8 Å². The van der Waals surface area contributed by atoms with Crippen molar-refractivity contribution in [3.8, 4) is 0 Å². The second-order valence-corrected chi connectivity index (χ2v) is 6.20. The van der Waals surface area contributed by atoms with E-state index in [0.717, 1.165) is 35.6 Å². The van der Waals surface area contributed by atoms with Gasteiger partial charge in [-0.15, -0.1) is 16.4 Å². The van der Waals surface area contributed by atoms with Crippen LogP contribution in [0.1, 0.15) is 21.7 Å². The summed E-state index contributed by atoms with van der Waals surface area (Å²) in [7, 11) is 1.99. The second kappa shape index (κ2) is 6.28. The maximum atomic E-state index is 5.85. The van der Waals surface area contributed by atoms with Crippen molar-refractivity contribution in [3.05, 3.63) is 39.2 Å². The van der Waals surface area contributed by atoms with Gasteiger partial charge in [-0.25, -0.2) is 0 Å². The molecule has 2 rings (SSSR count). The van der Waals surface area contributed by atoms with E-state index in [1.54, 1.807) is 11.3 Å². The number of nitrogens with two attached hydrogens (primary N) is 1. The average Bonchev–Trinajstić information content (AvgIpc) is 2.91. The molecule has 0 radical (unpaired) electrons. The standard InChI is InChI=1S/C14H18N4S2/c1-9-10(2)16-17-14(12(9)13(15)19)18(3)7-6-11-5-4-8-20-11/h4-5,8H,6-7H2,1-3H3,(H2,15,19). The van der Waals surface area contributed by atoms with E-state index in [4.69, 9.17) is 18.0 Å². The van der Waals surface area contributed by atoms with E-state index < -0.39 is 0 Å². The third-order valence-electron chi connectivity index (χ3n) is 3.32. The number of likely N-dealkylation sites (N-methyl/N-ethyl adjacent to an activating group) is 1. The van der Waals surface area contributed by atoms with Crippen molar-refractivity contribution in [1.29, 1.82) is 0 Å². The summed E-state index contributed by atoms with van der Waals surface area (Å²) in [6, 6.07) is 4.20. The molecule has 0 aliphatic carbocycles. The zero-order chi connectivity index (χ0) is 14.7. The van der Waals surface area contributed by atoms with Gasteiger partial charge in [-0.2, -0.15) is 5.10 Å². The zero-order valence-electron chi connectivity index (χ0n) is 11.9. The summed E-state index contributed by atoms with van der Waals surface area (Å²) < 4.78 is 0. The molecule has 2 N–H and O–H groups in total. The van der Waals surface area contributed by atoms with Crippen LogP contribution in [0.2, 0.25) is 0 Å². The molecule has 20 heavy (non-hydrogen) atoms. The van der Waals surface area contributed by atoms with Crippen LogP contribution in [0.4, 0.5) is 5.82 Å². The Labute approximate surface area is 128 Å². The van der Waals surface area contributed by atoms with Gasteiger partial charge in [0, 0.05) is 18.5 Å². The third-order valence-corrected chi connectivity index (χ3v) is 4.46. The first kappa shape index (κ1) is 14.9. The Balaban J connectivity index is 2.23. The fourth-order valence-corrected chi connectivity index (χ4v) is 2.94. The minimum Gasteiger partial charge on any atom is -0.389 e. The lowest BCUT2D eigenvalue weighted by Crippen LogP contribution is -2.27. The van der Waals surface area contributed by atoms with Gasteiger partial charge in [0.05, 0.1) is 11.3 Å². The molecule has 0 spiro atoms. The van der Waals surface area contributed by atoms with Crippen molar-refractivity contribution in [2.75, 3.05) is 18.5 Å². The molecule has 6 heteroatoms. The van der Waals surface area contributed by atoms with Crippen LogP contribution in [0.5, 0.6) is 0 Å². The number of hydrogen-bond acceptors (Lipinski definition) is 5. The number of thiocarbonyl (C=S) groups is 1. The lowest BCUT2D eigenvalue weighted by Gasteiger charge is -2.21. The van der Waals surface area contributed by atoms with Gasteiger partial charge in [0.2, 0.25) is 0 Å². The van der Waals surface area contributed by atoms with Crippen LogP contribution >= 0.6 is 23.6 Å². The molecule has 2 aromatic heterocycles. The Hall–Kier alpha value is -1.53. The molecule has 0 aromatic carbocycles. The second-order valence-electron chi connectivity index (χ2n) is 4.72. The SMILES string of the molecule is Cc1nnc(N(C)CCc2cccs2)c(C(N)=S)c1C. The molecule has 0 saturated carbocycles. The molecule has 106 valence electrons. The molecule has 0 fully saturated rings. The summed E-state index contributed by atoms with van der Waals surface area (Å²) in [6.07, 6.45) is 0.972. The Morgan fingerprint density at radius 3 is 2.75 bits per heavy atom. The van der Waals surface area contributed by atoms with Gasteiger partial charge < -0.3 is 10.6 Å². The van der Waals surface area contributed by atoms with Crippen molar-refractivity contribution < 1.29 is 0 Å². The molecule has 0 bridgehead atoms. The highest BCUT2D eigenvalue weighted by molar-refractivity contribution is 7.80.